The minimum absolute atomic E-state index is 0.0433. The molecule has 17 heavy (non-hydrogen) atoms. The van der Waals surface area contributed by atoms with Crippen molar-refractivity contribution in [3.63, 3.8) is 0 Å². The summed E-state index contributed by atoms with van der Waals surface area (Å²) in [6, 6.07) is 3.34. The van der Waals surface area contributed by atoms with Crippen molar-refractivity contribution in [2.75, 3.05) is 12.0 Å². The van der Waals surface area contributed by atoms with Gasteiger partial charge in [-0.25, -0.2) is 0 Å². The molecular formula is C10H14F3N3O. The molecular weight excluding hydrogens is 235 g/mol. The summed E-state index contributed by atoms with van der Waals surface area (Å²) in [5.41, 5.74) is 3.74. The predicted molar refractivity (Wildman–Crippen MR) is 57.0 cm³/mol. The summed E-state index contributed by atoms with van der Waals surface area (Å²) in [6.07, 6.45) is -3.45. The van der Waals surface area contributed by atoms with E-state index in [0.717, 1.165) is 0 Å². The smallest absolute Gasteiger partial charge is 0.375 e. The van der Waals surface area contributed by atoms with Crippen LogP contribution < -0.4 is 11.3 Å². The molecule has 1 rings (SSSR count). The average molecular weight is 249 g/mol. The van der Waals surface area contributed by atoms with Gasteiger partial charge in [0.1, 0.15) is 0 Å². The van der Waals surface area contributed by atoms with Gasteiger partial charge in [0.15, 0.2) is 0 Å². The van der Waals surface area contributed by atoms with Crippen LogP contribution in [-0.4, -0.2) is 17.8 Å². The first-order valence-corrected chi connectivity index (χ1v) is 5.07. The lowest BCUT2D eigenvalue weighted by molar-refractivity contribution is -0.138. The van der Waals surface area contributed by atoms with E-state index in [9.17, 15) is 13.2 Å². The summed E-state index contributed by atoms with van der Waals surface area (Å²) in [6.45, 7) is 0.231. The van der Waals surface area contributed by atoms with E-state index in [2.05, 4.69) is 10.4 Å². The number of halogens is 3. The molecule has 0 radical (unpaired) electrons. The molecule has 0 atom stereocenters. The molecule has 0 saturated carbocycles. The number of nitrogens with zero attached hydrogens (tertiary/aromatic N) is 1. The highest BCUT2D eigenvalue weighted by Gasteiger charge is 2.25. The molecule has 0 aliphatic heterocycles. The molecule has 0 unspecified atom stereocenters. The number of ether oxygens (including phenoxy) is 1. The van der Waals surface area contributed by atoms with Crippen LogP contribution in [-0.2, 0) is 11.3 Å². The summed E-state index contributed by atoms with van der Waals surface area (Å²) in [4.78, 5) is 3.99. The summed E-state index contributed by atoms with van der Waals surface area (Å²) in [5, 5.41) is 0. The Morgan fingerprint density at radius 3 is 2.82 bits per heavy atom. The van der Waals surface area contributed by atoms with Crippen molar-refractivity contribution < 1.29 is 17.9 Å². The normalized spacial score (nSPS) is 11.5. The largest absolute Gasteiger partial charge is 0.389 e. The van der Waals surface area contributed by atoms with Crippen LogP contribution in [0.4, 0.5) is 18.9 Å². The van der Waals surface area contributed by atoms with Gasteiger partial charge in [-0.2, -0.15) is 13.2 Å². The number of nitrogens with one attached hydrogen (secondary N) is 1. The Morgan fingerprint density at radius 2 is 2.18 bits per heavy atom. The standard InChI is InChI=1S/C10H14F3N3O/c11-10(12,13)3-1-5-17-7-9-6-8(16-14)2-4-15-9/h2,4,6H,1,3,5,7,14H2,(H,15,16). The number of pyridine rings is 1. The lowest BCUT2D eigenvalue weighted by Gasteiger charge is -2.07. The molecule has 0 aliphatic carbocycles. The number of hydrazine groups is 1. The second-order valence-electron chi connectivity index (χ2n) is 3.45. The molecule has 0 fully saturated rings. The Hall–Kier alpha value is -1.34. The quantitative estimate of drug-likeness (QED) is 0.461. The molecule has 0 saturated heterocycles. The van der Waals surface area contributed by atoms with Crippen LogP contribution in [0.3, 0.4) is 0 Å². The highest BCUT2D eigenvalue weighted by atomic mass is 19.4. The van der Waals surface area contributed by atoms with E-state index in [0.29, 0.717) is 11.4 Å². The van der Waals surface area contributed by atoms with Gasteiger partial charge in [-0.1, -0.05) is 0 Å². The minimum Gasteiger partial charge on any atom is -0.375 e. The van der Waals surface area contributed by atoms with Gasteiger partial charge < -0.3 is 10.2 Å². The fraction of sp³-hybridized carbons (Fsp3) is 0.500. The number of anilines is 1. The Bertz CT molecular complexity index is 344. The molecule has 0 bridgehead atoms. The van der Waals surface area contributed by atoms with Crippen molar-refractivity contribution in [2.45, 2.75) is 25.6 Å². The van der Waals surface area contributed by atoms with Gasteiger partial charge in [0, 0.05) is 19.2 Å². The minimum atomic E-state index is -4.12. The van der Waals surface area contributed by atoms with Gasteiger partial charge in [0.2, 0.25) is 0 Å². The maximum absolute atomic E-state index is 11.8. The van der Waals surface area contributed by atoms with Crippen molar-refractivity contribution in [1.82, 2.24) is 4.98 Å². The molecule has 1 aromatic rings. The summed E-state index contributed by atoms with van der Waals surface area (Å²) >= 11 is 0. The highest BCUT2D eigenvalue weighted by Crippen LogP contribution is 2.21. The topological polar surface area (TPSA) is 60.2 Å². The lowest BCUT2D eigenvalue weighted by atomic mass is 10.3. The number of aromatic nitrogens is 1. The Morgan fingerprint density at radius 1 is 1.41 bits per heavy atom. The van der Waals surface area contributed by atoms with E-state index in [1.807, 2.05) is 0 Å². The summed E-state index contributed by atoms with van der Waals surface area (Å²) < 4.78 is 40.5. The van der Waals surface area contributed by atoms with Crippen LogP contribution in [0.5, 0.6) is 0 Å². The third-order valence-corrected chi connectivity index (χ3v) is 1.98. The van der Waals surface area contributed by atoms with Crippen LogP contribution in [0, 0.1) is 0 Å². The number of hydrogen-bond acceptors (Lipinski definition) is 4. The van der Waals surface area contributed by atoms with E-state index in [1.165, 1.54) is 0 Å². The molecule has 96 valence electrons. The Labute approximate surface area is 96.9 Å². The Kier molecular flexibility index (Phi) is 5.17. The molecule has 7 heteroatoms. The number of nitrogen functional groups attached to an aromatic ring is 1. The molecule has 3 N–H and O–H groups in total. The monoisotopic (exact) mass is 249 g/mol. The third kappa shape index (κ3) is 6.08. The summed E-state index contributed by atoms with van der Waals surface area (Å²) in [5.74, 6) is 5.20. The van der Waals surface area contributed by atoms with Crippen molar-refractivity contribution in [1.29, 1.82) is 0 Å². The van der Waals surface area contributed by atoms with Gasteiger partial charge in [-0.3, -0.25) is 10.8 Å². The summed E-state index contributed by atoms with van der Waals surface area (Å²) in [7, 11) is 0. The predicted octanol–water partition coefficient (Wildman–Crippen LogP) is 2.23. The zero-order valence-corrected chi connectivity index (χ0v) is 9.13. The van der Waals surface area contributed by atoms with E-state index in [-0.39, 0.29) is 19.6 Å². The van der Waals surface area contributed by atoms with Crippen molar-refractivity contribution >= 4 is 5.69 Å². The first-order chi connectivity index (χ1) is 8.01. The van der Waals surface area contributed by atoms with Crippen molar-refractivity contribution in [3.05, 3.63) is 24.0 Å². The zero-order chi connectivity index (χ0) is 12.7. The molecule has 4 nitrogen and oxygen atoms in total. The van der Waals surface area contributed by atoms with Gasteiger partial charge in [0.05, 0.1) is 18.0 Å². The number of hydrogen-bond donors (Lipinski definition) is 2. The molecule has 0 aliphatic rings. The maximum Gasteiger partial charge on any atom is 0.389 e. The number of alkyl halides is 3. The van der Waals surface area contributed by atoms with Gasteiger partial charge in [-0.15, -0.1) is 0 Å². The second-order valence-corrected chi connectivity index (χ2v) is 3.45. The van der Waals surface area contributed by atoms with Gasteiger partial charge in [0.25, 0.3) is 0 Å². The lowest BCUT2D eigenvalue weighted by Crippen LogP contribution is -2.09. The van der Waals surface area contributed by atoms with Crippen LogP contribution in [0.25, 0.3) is 0 Å². The van der Waals surface area contributed by atoms with Gasteiger partial charge in [-0.05, 0) is 18.6 Å². The third-order valence-electron chi connectivity index (χ3n) is 1.98. The number of rotatable bonds is 6. The molecule has 0 aromatic carbocycles. The fourth-order valence-electron chi connectivity index (χ4n) is 1.20. The van der Waals surface area contributed by atoms with Crippen molar-refractivity contribution in [3.8, 4) is 0 Å². The van der Waals surface area contributed by atoms with Gasteiger partial charge >= 0.3 is 6.18 Å². The van der Waals surface area contributed by atoms with Crippen LogP contribution in [0.15, 0.2) is 18.3 Å². The molecule has 1 aromatic heterocycles. The van der Waals surface area contributed by atoms with E-state index < -0.39 is 12.6 Å². The van der Waals surface area contributed by atoms with Crippen molar-refractivity contribution in [2.24, 2.45) is 5.84 Å². The SMILES string of the molecule is NNc1ccnc(COCCCC(F)(F)F)c1. The second kappa shape index (κ2) is 6.41. The van der Waals surface area contributed by atoms with Crippen LogP contribution in [0.2, 0.25) is 0 Å². The van der Waals surface area contributed by atoms with Crippen LogP contribution >= 0.6 is 0 Å². The maximum atomic E-state index is 11.8. The average Bonchev–Trinajstić information content (AvgIpc) is 2.27. The van der Waals surface area contributed by atoms with E-state index in [1.54, 1.807) is 18.3 Å². The van der Waals surface area contributed by atoms with Crippen LogP contribution in [0.1, 0.15) is 18.5 Å². The first kappa shape index (κ1) is 13.7. The number of nitrogens with two attached hydrogens (primary N) is 1. The molecule has 0 amide bonds. The highest BCUT2D eigenvalue weighted by molar-refractivity contribution is 5.41. The molecule has 0 spiro atoms. The van der Waals surface area contributed by atoms with E-state index in [4.69, 9.17) is 10.6 Å². The molecule has 1 heterocycles. The Balaban J connectivity index is 2.22. The van der Waals surface area contributed by atoms with E-state index >= 15 is 0 Å². The zero-order valence-electron chi connectivity index (χ0n) is 9.13. The first-order valence-electron chi connectivity index (χ1n) is 5.07. The fourth-order valence-corrected chi connectivity index (χ4v) is 1.20.